The van der Waals surface area contributed by atoms with Crippen molar-refractivity contribution in [3.8, 4) is 11.8 Å². The van der Waals surface area contributed by atoms with Crippen molar-refractivity contribution in [3.05, 3.63) is 0 Å². The Labute approximate surface area is 178 Å². The van der Waals surface area contributed by atoms with E-state index in [2.05, 4.69) is 32.6 Å². The van der Waals surface area contributed by atoms with Gasteiger partial charge in [-0.3, -0.25) is 4.79 Å². The Morgan fingerprint density at radius 3 is 2.48 bits per heavy atom. The zero-order chi connectivity index (χ0) is 20.9. The molecule has 4 fully saturated rings. The molecule has 2 unspecified atom stereocenters. The number of hydrogen-bond acceptors (Lipinski definition) is 2. The van der Waals surface area contributed by atoms with Crippen LogP contribution in [-0.2, 0) is 4.79 Å². The Bertz CT molecular complexity index is 701. The van der Waals surface area contributed by atoms with Crippen LogP contribution in [0.4, 0.5) is 0 Å². The average Bonchev–Trinajstić information content (AvgIpc) is 3.04. The number of ketones is 1. The highest BCUT2D eigenvalue weighted by Gasteiger charge is 2.61. The minimum absolute atomic E-state index is 0.246. The summed E-state index contributed by atoms with van der Waals surface area (Å²) in [5.41, 5.74) is -0.146. The van der Waals surface area contributed by atoms with Crippen molar-refractivity contribution >= 4 is 5.78 Å². The van der Waals surface area contributed by atoms with Gasteiger partial charge in [0.1, 0.15) is 11.4 Å². The largest absolute Gasteiger partial charge is 0.378 e. The van der Waals surface area contributed by atoms with E-state index in [1.807, 2.05) is 6.92 Å². The fraction of sp³-hybridized carbons (Fsp3) is 0.889. The maximum Gasteiger partial charge on any atom is 0.133 e. The average molecular weight is 399 g/mol. The predicted octanol–water partition coefficient (Wildman–Crippen LogP) is 6.16. The van der Waals surface area contributed by atoms with Crippen LogP contribution in [-0.4, -0.2) is 16.5 Å². The van der Waals surface area contributed by atoms with Crippen molar-refractivity contribution in [2.75, 3.05) is 0 Å². The Morgan fingerprint density at radius 2 is 1.76 bits per heavy atom. The fourth-order valence-corrected chi connectivity index (χ4v) is 8.52. The molecule has 4 rings (SSSR count). The molecule has 4 aliphatic rings. The van der Waals surface area contributed by atoms with Crippen LogP contribution in [0, 0.1) is 52.3 Å². The summed E-state index contributed by atoms with van der Waals surface area (Å²) in [5, 5.41) is 11.2. The van der Waals surface area contributed by atoms with Gasteiger partial charge in [0.15, 0.2) is 0 Å². The maximum absolute atomic E-state index is 12.3. The first-order chi connectivity index (χ1) is 13.7. The third-order valence-corrected chi connectivity index (χ3v) is 10.2. The normalized spacial score (nSPS) is 48.7. The summed E-state index contributed by atoms with van der Waals surface area (Å²) in [5.74, 6) is 10.2. The zero-order valence-corrected chi connectivity index (χ0v) is 19.2. The SMILES string of the molecule is CCCCC#CC1(O)CC[C@@]2(C)C(CC[C@H]3[C@@H]4CC[C@H](C(C)=O)[C@@]4(C)CC[C@@H]32)C1. The van der Waals surface area contributed by atoms with Gasteiger partial charge in [-0.1, -0.05) is 33.1 Å². The van der Waals surface area contributed by atoms with E-state index in [1.165, 1.54) is 38.5 Å². The first-order valence-corrected chi connectivity index (χ1v) is 12.5. The number of aliphatic hydroxyl groups is 1. The van der Waals surface area contributed by atoms with Crippen molar-refractivity contribution in [1.29, 1.82) is 0 Å². The van der Waals surface area contributed by atoms with Gasteiger partial charge in [0.2, 0.25) is 0 Å². The number of carbonyl (C=O) groups excluding carboxylic acids is 1. The summed E-state index contributed by atoms with van der Waals surface area (Å²) in [4.78, 5) is 12.3. The summed E-state index contributed by atoms with van der Waals surface area (Å²) in [6.07, 6.45) is 13.5. The smallest absolute Gasteiger partial charge is 0.133 e. The molecule has 1 N–H and O–H groups in total. The van der Waals surface area contributed by atoms with Gasteiger partial charge < -0.3 is 5.11 Å². The molecule has 2 heteroatoms. The van der Waals surface area contributed by atoms with E-state index < -0.39 is 5.60 Å². The molecule has 8 atom stereocenters. The highest BCUT2D eigenvalue weighted by molar-refractivity contribution is 5.79. The van der Waals surface area contributed by atoms with Crippen LogP contribution in [0.5, 0.6) is 0 Å². The van der Waals surface area contributed by atoms with E-state index in [4.69, 9.17) is 0 Å². The summed E-state index contributed by atoms with van der Waals surface area (Å²) in [6, 6.07) is 0. The van der Waals surface area contributed by atoms with Crippen molar-refractivity contribution < 1.29 is 9.90 Å². The molecule has 0 radical (unpaired) electrons. The van der Waals surface area contributed by atoms with Crippen LogP contribution in [0.15, 0.2) is 0 Å². The third kappa shape index (κ3) is 3.50. The molecule has 0 spiro atoms. The minimum atomic E-state index is -0.749. The molecule has 0 aromatic rings. The van der Waals surface area contributed by atoms with E-state index in [1.54, 1.807) is 0 Å². The lowest BCUT2D eigenvalue weighted by Crippen LogP contribution is -2.56. The van der Waals surface area contributed by atoms with Crippen LogP contribution < -0.4 is 0 Å². The zero-order valence-electron chi connectivity index (χ0n) is 19.2. The summed E-state index contributed by atoms with van der Waals surface area (Å²) < 4.78 is 0. The molecule has 0 aliphatic heterocycles. The van der Waals surface area contributed by atoms with Gasteiger partial charge in [-0.05, 0) is 106 Å². The summed E-state index contributed by atoms with van der Waals surface area (Å²) >= 11 is 0. The Balaban J connectivity index is 1.50. The first-order valence-electron chi connectivity index (χ1n) is 12.5. The number of Topliss-reactive ketones (excluding diaryl/α,β-unsaturated/α-hetero) is 1. The fourth-order valence-electron chi connectivity index (χ4n) is 8.52. The number of unbranched alkanes of at least 4 members (excludes halogenated alkanes) is 2. The van der Waals surface area contributed by atoms with Crippen molar-refractivity contribution in [2.24, 2.45) is 40.4 Å². The summed E-state index contributed by atoms with van der Waals surface area (Å²) in [6.45, 7) is 9.00. The second kappa shape index (κ2) is 7.71. The molecule has 0 saturated heterocycles. The molecule has 2 nitrogen and oxygen atoms in total. The van der Waals surface area contributed by atoms with Gasteiger partial charge in [0.05, 0.1) is 0 Å². The molecule has 0 aromatic heterocycles. The van der Waals surface area contributed by atoms with E-state index in [-0.39, 0.29) is 5.41 Å². The monoisotopic (exact) mass is 398 g/mol. The highest BCUT2D eigenvalue weighted by atomic mass is 16.3. The van der Waals surface area contributed by atoms with E-state index >= 15 is 0 Å². The van der Waals surface area contributed by atoms with Crippen molar-refractivity contribution in [3.63, 3.8) is 0 Å². The molecule has 4 aliphatic carbocycles. The molecule has 0 bridgehead atoms. The van der Waals surface area contributed by atoms with E-state index in [9.17, 15) is 9.90 Å². The molecule has 29 heavy (non-hydrogen) atoms. The standard InChI is InChI=1S/C27H42O2/c1-5-6-7-8-14-27(29)17-16-25(3)20(18-27)9-10-21-23-12-11-22(19(2)28)26(23,4)15-13-24(21)25/h20-24,29H,5-7,9-13,15-18H2,1-4H3/t20?,21-,22+,23-,24-,25-,26+,27?/m0/s1. The van der Waals surface area contributed by atoms with Crippen molar-refractivity contribution in [1.82, 2.24) is 0 Å². The molecule has 0 heterocycles. The van der Waals surface area contributed by atoms with Crippen LogP contribution in [0.3, 0.4) is 0 Å². The van der Waals surface area contributed by atoms with Crippen LogP contribution >= 0.6 is 0 Å². The second-order valence-electron chi connectivity index (χ2n) is 11.6. The Kier molecular flexibility index (Phi) is 5.69. The van der Waals surface area contributed by atoms with Gasteiger partial charge in [-0.2, -0.15) is 0 Å². The molecule has 4 saturated carbocycles. The lowest BCUT2D eigenvalue weighted by molar-refractivity contribution is -0.144. The van der Waals surface area contributed by atoms with E-state index in [0.29, 0.717) is 23.0 Å². The Morgan fingerprint density at radius 1 is 1.00 bits per heavy atom. The number of hydrogen-bond donors (Lipinski definition) is 1. The van der Waals surface area contributed by atoms with Gasteiger partial charge >= 0.3 is 0 Å². The third-order valence-electron chi connectivity index (χ3n) is 10.2. The molecule has 0 amide bonds. The predicted molar refractivity (Wildman–Crippen MR) is 118 cm³/mol. The van der Waals surface area contributed by atoms with Gasteiger partial charge in [0, 0.05) is 12.3 Å². The lowest BCUT2D eigenvalue weighted by atomic mass is 9.44. The maximum atomic E-state index is 12.3. The highest BCUT2D eigenvalue weighted by Crippen LogP contribution is 2.68. The summed E-state index contributed by atoms with van der Waals surface area (Å²) in [7, 11) is 0. The van der Waals surface area contributed by atoms with Crippen molar-refractivity contribution in [2.45, 2.75) is 110 Å². The molecule has 162 valence electrons. The number of carbonyl (C=O) groups is 1. The molecular weight excluding hydrogens is 356 g/mol. The minimum Gasteiger partial charge on any atom is -0.378 e. The quantitative estimate of drug-likeness (QED) is 0.457. The molecular formula is C27H42O2. The topological polar surface area (TPSA) is 37.3 Å². The van der Waals surface area contributed by atoms with Gasteiger partial charge in [-0.15, -0.1) is 5.92 Å². The van der Waals surface area contributed by atoms with Crippen LogP contribution in [0.2, 0.25) is 0 Å². The molecule has 0 aromatic carbocycles. The van der Waals surface area contributed by atoms with Crippen LogP contribution in [0.1, 0.15) is 105 Å². The van der Waals surface area contributed by atoms with Crippen LogP contribution in [0.25, 0.3) is 0 Å². The Hall–Kier alpha value is -0.810. The lowest BCUT2D eigenvalue weighted by Gasteiger charge is -2.61. The van der Waals surface area contributed by atoms with Gasteiger partial charge in [0.25, 0.3) is 0 Å². The van der Waals surface area contributed by atoms with Gasteiger partial charge in [-0.25, -0.2) is 0 Å². The second-order valence-corrected chi connectivity index (χ2v) is 11.6. The number of rotatable bonds is 3. The first kappa shape index (κ1) is 21.4. The number of fused-ring (bicyclic) bond motifs is 5. The van der Waals surface area contributed by atoms with E-state index in [0.717, 1.165) is 56.3 Å².